The van der Waals surface area contributed by atoms with Crippen molar-refractivity contribution >= 4 is 0 Å². The topological polar surface area (TPSA) is 21.9 Å². The van der Waals surface area contributed by atoms with E-state index in [1.165, 1.54) is 44.1 Å². The Kier molecular flexibility index (Phi) is 4.41. The van der Waals surface area contributed by atoms with Crippen molar-refractivity contribution < 1.29 is 0 Å². The van der Waals surface area contributed by atoms with E-state index in [0.717, 1.165) is 12.1 Å². The molecular weight excluding hydrogens is 194 g/mol. The maximum atomic E-state index is 3.59. The zero-order valence-corrected chi connectivity index (χ0v) is 10.3. The van der Waals surface area contributed by atoms with Gasteiger partial charge in [0.25, 0.3) is 0 Å². The van der Waals surface area contributed by atoms with E-state index < -0.39 is 0 Å². The van der Waals surface area contributed by atoms with Crippen LogP contribution in [0.25, 0.3) is 0 Å². The van der Waals surface area contributed by atoms with Gasteiger partial charge in [-0.15, -0.1) is 0 Å². The highest BCUT2D eigenvalue weighted by atomic mass is 15.1. The quantitative estimate of drug-likeness (QED) is 0.547. The molecule has 0 aromatic heterocycles. The fourth-order valence-corrected chi connectivity index (χ4v) is 2.36. The third-order valence-corrected chi connectivity index (χ3v) is 3.47. The molecule has 0 saturated carbocycles. The molecule has 0 unspecified atom stereocenters. The summed E-state index contributed by atoms with van der Waals surface area (Å²) in [5.74, 6) is 0. The monoisotopic (exact) mass is 217 g/mol. The second-order valence-corrected chi connectivity index (χ2v) is 4.92. The third-order valence-electron chi connectivity index (χ3n) is 3.47. The average molecular weight is 217 g/mol. The minimum Gasteiger partial charge on any atom is -0.308 e. The summed E-state index contributed by atoms with van der Waals surface area (Å²) in [6.45, 7) is 2.27. The lowest BCUT2D eigenvalue weighted by atomic mass is 10.0. The molecule has 1 heteroatoms. The summed E-state index contributed by atoms with van der Waals surface area (Å²) < 4.78 is 0. The summed E-state index contributed by atoms with van der Waals surface area (Å²) in [7, 11) is 0. The van der Waals surface area contributed by atoms with E-state index in [1.807, 2.05) is 0 Å². The van der Waals surface area contributed by atoms with Crippen LogP contribution in [0.3, 0.4) is 0 Å². The van der Waals surface area contributed by atoms with Gasteiger partial charge in [0.05, 0.1) is 0 Å². The number of nitrogens with one attached hydrogen (secondary N) is 1. The van der Waals surface area contributed by atoms with Gasteiger partial charge in [-0.05, 0) is 18.4 Å². The first kappa shape index (κ1) is 11.7. The van der Waals surface area contributed by atoms with E-state index >= 15 is 0 Å². The van der Waals surface area contributed by atoms with Crippen LogP contribution in [0, 0.1) is 0 Å². The highest BCUT2D eigenvalue weighted by Crippen LogP contribution is 2.22. The Morgan fingerprint density at radius 1 is 1.00 bits per heavy atom. The minimum absolute atomic E-state index is 0.754. The predicted molar refractivity (Wildman–Crippen MR) is 69.6 cm³/mol. The van der Waals surface area contributed by atoms with Gasteiger partial charge in [0, 0.05) is 12.1 Å². The third kappa shape index (κ3) is 3.64. The molecule has 1 saturated heterocycles. The van der Waals surface area contributed by atoms with Crippen molar-refractivity contribution in [1.82, 2.24) is 5.32 Å². The molecule has 1 aliphatic heterocycles. The molecule has 0 amide bonds. The molecule has 0 aliphatic carbocycles. The fourth-order valence-electron chi connectivity index (χ4n) is 2.36. The summed E-state index contributed by atoms with van der Waals surface area (Å²) in [6.07, 6.45) is 8.13. The smallest absolute Gasteiger partial charge is 0.0264 e. The van der Waals surface area contributed by atoms with Gasteiger partial charge in [-0.2, -0.15) is 0 Å². The first-order valence-corrected chi connectivity index (χ1v) is 6.70. The lowest BCUT2D eigenvalue weighted by Gasteiger charge is -1.99. The predicted octanol–water partition coefficient (Wildman–Crippen LogP) is 3.54. The maximum absolute atomic E-state index is 3.59. The molecule has 16 heavy (non-hydrogen) atoms. The Morgan fingerprint density at radius 2 is 1.81 bits per heavy atom. The lowest BCUT2D eigenvalue weighted by Crippen LogP contribution is -1.98. The second-order valence-electron chi connectivity index (χ2n) is 4.92. The van der Waals surface area contributed by atoms with Crippen LogP contribution in [0.4, 0.5) is 0 Å². The molecule has 1 N–H and O–H groups in total. The summed E-state index contributed by atoms with van der Waals surface area (Å²) in [5, 5.41) is 3.59. The molecule has 0 spiro atoms. The molecule has 1 heterocycles. The number of hydrogen-bond acceptors (Lipinski definition) is 1. The van der Waals surface area contributed by atoms with Crippen LogP contribution >= 0.6 is 0 Å². The molecule has 1 fully saturated rings. The molecular formula is C15H23N. The van der Waals surface area contributed by atoms with Gasteiger partial charge in [-0.25, -0.2) is 0 Å². The van der Waals surface area contributed by atoms with Crippen molar-refractivity contribution in [2.24, 2.45) is 0 Å². The van der Waals surface area contributed by atoms with Crippen LogP contribution in [-0.2, 0) is 6.42 Å². The maximum Gasteiger partial charge on any atom is 0.0264 e. The molecule has 0 bridgehead atoms. The van der Waals surface area contributed by atoms with E-state index in [1.54, 1.807) is 0 Å². The van der Waals surface area contributed by atoms with Gasteiger partial charge in [0.15, 0.2) is 0 Å². The van der Waals surface area contributed by atoms with Gasteiger partial charge in [-0.3, -0.25) is 0 Å². The van der Waals surface area contributed by atoms with Crippen molar-refractivity contribution in [3.8, 4) is 0 Å². The van der Waals surface area contributed by atoms with Crippen molar-refractivity contribution in [2.75, 3.05) is 0 Å². The minimum atomic E-state index is 0.754. The van der Waals surface area contributed by atoms with Gasteiger partial charge in [0.1, 0.15) is 0 Å². The molecule has 0 radical (unpaired) electrons. The molecule has 88 valence electrons. The van der Waals surface area contributed by atoms with Crippen LogP contribution in [-0.4, -0.2) is 12.1 Å². The van der Waals surface area contributed by atoms with Gasteiger partial charge in [0.2, 0.25) is 0 Å². The van der Waals surface area contributed by atoms with Crippen LogP contribution in [0.1, 0.15) is 44.6 Å². The zero-order chi connectivity index (χ0) is 11.2. The summed E-state index contributed by atoms with van der Waals surface area (Å²) in [6, 6.07) is 12.4. The normalized spacial score (nSPS) is 23.3. The average Bonchev–Trinajstić information content (AvgIpc) is 3.04. The largest absolute Gasteiger partial charge is 0.308 e. The van der Waals surface area contributed by atoms with Gasteiger partial charge < -0.3 is 5.32 Å². The number of benzene rings is 1. The zero-order valence-electron chi connectivity index (χ0n) is 10.3. The first-order valence-electron chi connectivity index (χ1n) is 6.70. The molecule has 1 aromatic rings. The van der Waals surface area contributed by atoms with Crippen molar-refractivity contribution in [3.05, 3.63) is 35.9 Å². The van der Waals surface area contributed by atoms with Crippen LogP contribution < -0.4 is 5.32 Å². The highest BCUT2D eigenvalue weighted by molar-refractivity contribution is 5.18. The summed E-state index contributed by atoms with van der Waals surface area (Å²) in [4.78, 5) is 0. The van der Waals surface area contributed by atoms with E-state index in [0.29, 0.717) is 0 Å². The fraction of sp³-hybridized carbons (Fsp3) is 0.600. The Morgan fingerprint density at radius 3 is 2.56 bits per heavy atom. The molecule has 1 nitrogen and oxygen atoms in total. The Hall–Kier alpha value is -0.820. The van der Waals surface area contributed by atoms with E-state index in [-0.39, 0.29) is 0 Å². The van der Waals surface area contributed by atoms with Crippen LogP contribution in [0.15, 0.2) is 30.3 Å². The van der Waals surface area contributed by atoms with E-state index in [2.05, 4.69) is 42.6 Å². The first-order chi connectivity index (χ1) is 7.90. The lowest BCUT2D eigenvalue weighted by molar-refractivity contribution is 0.620. The summed E-state index contributed by atoms with van der Waals surface area (Å²) in [5.41, 5.74) is 1.47. The Labute approximate surface area is 99.3 Å². The van der Waals surface area contributed by atoms with Crippen LogP contribution in [0.2, 0.25) is 0 Å². The Bertz CT molecular complexity index is 294. The summed E-state index contributed by atoms with van der Waals surface area (Å²) >= 11 is 0. The van der Waals surface area contributed by atoms with E-state index in [4.69, 9.17) is 0 Å². The number of rotatable bonds is 7. The van der Waals surface area contributed by atoms with Gasteiger partial charge in [-0.1, -0.05) is 62.9 Å². The van der Waals surface area contributed by atoms with E-state index in [9.17, 15) is 0 Å². The van der Waals surface area contributed by atoms with Crippen LogP contribution in [0.5, 0.6) is 0 Å². The van der Waals surface area contributed by atoms with Crippen molar-refractivity contribution in [2.45, 2.75) is 57.5 Å². The molecule has 2 rings (SSSR count). The number of hydrogen-bond donors (Lipinski definition) is 1. The standard InChI is InChI=1S/C15H23N/c1-2-3-4-8-11-14-15(16-14)12-13-9-6-5-7-10-13/h5-7,9-10,14-16H,2-4,8,11-12H2,1H3/t14-,15+/m0/s1. The molecule has 1 aromatic carbocycles. The van der Waals surface area contributed by atoms with Gasteiger partial charge >= 0.3 is 0 Å². The van der Waals surface area contributed by atoms with Crippen molar-refractivity contribution in [3.63, 3.8) is 0 Å². The highest BCUT2D eigenvalue weighted by Gasteiger charge is 2.34. The molecule has 2 atom stereocenters. The number of unbranched alkanes of at least 4 members (excludes halogenated alkanes) is 3. The molecule has 1 aliphatic rings. The second kappa shape index (κ2) is 6.05. The SMILES string of the molecule is CCCCCC[C@@H]1N[C@@H]1Cc1ccccc1. The van der Waals surface area contributed by atoms with Crippen molar-refractivity contribution in [1.29, 1.82) is 0 Å². The Balaban J connectivity index is 1.61.